The van der Waals surface area contributed by atoms with Gasteiger partial charge in [-0.25, -0.2) is 9.67 Å². The van der Waals surface area contributed by atoms with Gasteiger partial charge in [-0.2, -0.15) is 5.10 Å². The predicted octanol–water partition coefficient (Wildman–Crippen LogP) is 5.43. The van der Waals surface area contributed by atoms with Gasteiger partial charge in [-0.1, -0.05) is 60.7 Å². The summed E-state index contributed by atoms with van der Waals surface area (Å²) in [5.41, 5.74) is 4.21. The second kappa shape index (κ2) is 9.77. The Morgan fingerprint density at radius 1 is 1.19 bits per heavy atom. The molecule has 0 aliphatic carbocycles. The molecule has 32 heavy (non-hydrogen) atoms. The van der Waals surface area contributed by atoms with Crippen molar-refractivity contribution >= 4 is 34.0 Å². The molecule has 4 aromatic rings. The third kappa shape index (κ3) is 4.88. The van der Waals surface area contributed by atoms with E-state index in [9.17, 15) is 4.79 Å². The molecule has 3 heterocycles. The summed E-state index contributed by atoms with van der Waals surface area (Å²) in [7, 11) is 0. The van der Waals surface area contributed by atoms with E-state index in [-0.39, 0.29) is 5.91 Å². The zero-order chi connectivity index (χ0) is 22.5. The summed E-state index contributed by atoms with van der Waals surface area (Å²) in [6.45, 7) is 4.25. The van der Waals surface area contributed by atoms with Crippen LogP contribution in [0.4, 0.5) is 5.13 Å². The number of rotatable bonds is 5. The van der Waals surface area contributed by atoms with E-state index in [1.54, 1.807) is 17.8 Å². The fraction of sp³-hybridized carbons (Fsp3) is 0.167. The van der Waals surface area contributed by atoms with Crippen LogP contribution in [0.15, 0.2) is 54.0 Å². The molecule has 160 valence electrons. The molecule has 0 fully saturated rings. The van der Waals surface area contributed by atoms with Crippen LogP contribution in [0.2, 0.25) is 5.15 Å². The lowest BCUT2D eigenvalue weighted by Gasteiger charge is -2.04. The number of carbonyl (C=O) groups is 1. The Morgan fingerprint density at radius 3 is 2.72 bits per heavy atom. The molecular weight excluding hydrogens is 442 g/mol. The standard InChI is InChI=1S/C24H20ClN5OS/c1-3-4-8-17-11-12-19(26-13-17)20-15-32-24(27-20)28-23(31)21-16(2)29-30(22(21)25)14-18-9-6-5-7-10-18/h5-7,9-13,15H,3,14H2,1-2H3,(H,27,28,31). The number of benzene rings is 1. The quantitative estimate of drug-likeness (QED) is 0.402. The van der Waals surface area contributed by atoms with E-state index in [0.717, 1.165) is 17.5 Å². The number of nitrogens with zero attached hydrogens (tertiary/aromatic N) is 4. The van der Waals surface area contributed by atoms with Gasteiger partial charge in [0.15, 0.2) is 5.13 Å². The van der Waals surface area contributed by atoms with Gasteiger partial charge in [0.25, 0.3) is 5.91 Å². The van der Waals surface area contributed by atoms with Gasteiger partial charge in [-0.05, 0) is 24.6 Å². The number of pyridine rings is 1. The summed E-state index contributed by atoms with van der Waals surface area (Å²) in [5, 5.41) is 9.88. The number of carbonyl (C=O) groups excluding carboxylic acids is 1. The molecule has 0 atom stereocenters. The Morgan fingerprint density at radius 2 is 2.00 bits per heavy atom. The molecule has 0 aliphatic heterocycles. The molecular formula is C24H20ClN5OS. The third-order valence-electron chi connectivity index (χ3n) is 4.63. The molecule has 1 amide bonds. The zero-order valence-electron chi connectivity index (χ0n) is 17.6. The van der Waals surface area contributed by atoms with Crippen LogP contribution < -0.4 is 5.32 Å². The molecule has 0 spiro atoms. The first-order valence-electron chi connectivity index (χ1n) is 10.0. The summed E-state index contributed by atoms with van der Waals surface area (Å²) in [4.78, 5) is 21.8. The number of nitrogens with one attached hydrogen (secondary N) is 1. The van der Waals surface area contributed by atoms with Crippen molar-refractivity contribution in [2.24, 2.45) is 0 Å². The molecule has 0 bridgehead atoms. The Labute approximate surface area is 195 Å². The van der Waals surface area contributed by atoms with Crippen molar-refractivity contribution in [3.8, 4) is 23.2 Å². The van der Waals surface area contributed by atoms with E-state index in [1.807, 2.05) is 54.8 Å². The van der Waals surface area contributed by atoms with Crippen LogP contribution in [0.3, 0.4) is 0 Å². The number of thiazole rings is 1. The van der Waals surface area contributed by atoms with Crippen molar-refractivity contribution < 1.29 is 4.79 Å². The van der Waals surface area contributed by atoms with E-state index < -0.39 is 0 Å². The monoisotopic (exact) mass is 461 g/mol. The van der Waals surface area contributed by atoms with Crippen LogP contribution in [0.25, 0.3) is 11.4 Å². The van der Waals surface area contributed by atoms with E-state index in [0.29, 0.717) is 39.5 Å². The van der Waals surface area contributed by atoms with Gasteiger partial charge in [-0.3, -0.25) is 15.1 Å². The average molecular weight is 462 g/mol. The molecule has 8 heteroatoms. The van der Waals surface area contributed by atoms with Crippen molar-refractivity contribution in [2.45, 2.75) is 26.8 Å². The Balaban J connectivity index is 1.49. The molecule has 6 nitrogen and oxygen atoms in total. The molecule has 0 radical (unpaired) electrons. The molecule has 0 unspecified atom stereocenters. The van der Waals surface area contributed by atoms with Gasteiger partial charge in [0, 0.05) is 23.6 Å². The number of hydrogen-bond acceptors (Lipinski definition) is 5. The molecule has 0 aliphatic rings. The predicted molar refractivity (Wildman–Crippen MR) is 128 cm³/mol. The first-order valence-corrected chi connectivity index (χ1v) is 11.3. The summed E-state index contributed by atoms with van der Waals surface area (Å²) < 4.78 is 1.63. The van der Waals surface area contributed by atoms with Gasteiger partial charge in [0.05, 0.1) is 23.5 Å². The Bertz CT molecular complexity index is 1300. The number of amides is 1. The maximum atomic E-state index is 12.9. The SMILES string of the molecule is CCC#Cc1ccc(-c2csc(NC(=O)c3c(C)nn(Cc4ccccc4)c3Cl)n2)nc1. The van der Waals surface area contributed by atoms with Crippen molar-refractivity contribution in [2.75, 3.05) is 5.32 Å². The fourth-order valence-corrected chi connectivity index (χ4v) is 4.11. The topological polar surface area (TPSA) is 72.7 Å². The van der Waals surface area contributed by atoms with Crippen LogP contribution in [0, 0.1) is 18.8 Å². The maximum absolute atomic E-state index is 12.9. The first-order chi connectivity index (χ1) is 15.5. The number of aryl methyl sites for hydroxylation is 1. The van der Waals surface area contributed by atoms with Crippen LogP contribution in [0.5, 0.6) is 0 Å². The van der Waals surface area contributed by atoms with Gasteiger partial charge in [-0.15, -0.1) is 11.3 Å². The summed E-state index contributed by atoms with van der Waals surface area (Å²) in [6.07, 6.45) is 2.52. The van der Waals surface area contributed by atoms with Crippen LogP contribution in [-0.2, 0) is 6.54 Å². The minimum Gasteiger partial charge on any atom is -0.298 e. The van der Waals surface area contributed by atoms with Crippen molar-refractivity contribution in [1.29, 1.82) is 0 Å². The van der Waals surface area contributed by atoms with Crippen molar-refractivity contribution in [3.05, 3.63) is 81.6 Å². The minimum absolute atomic E-state index is 0.297. The molecule has 3 aromatic heterocycles. The average Bonchev–Trinajstić information content (AvgIpc) is 3.37. The highest BCUT2D eigenvalue weighted by atomic mass is 35.5. The van der Waals surface area contributed by atoms with Crippen molar-refractivity contribution in [3.63, 3.8) is 0 Å². The maximum Gasteiger partial charge on any atom is 0.262 e. The minimum atomic E-state index is -0.342. The molecule has 1 aromatic carbocycles. The number of anilines is 1. The zero-order valence-corrected chi connectivity index (χ0v) is 19.2. The lowest BCUT2D eigenvalue weighted by molar-refractivity contribution is 0.102. The smallest absolute Gasteiger partial charge is 0.262 e. The Hall–Kier alpha value is -3.47. The Kier molecular flexibility index (Phi) is 6.64. The van der Waals surface area contributed by atoms with Crippen LogP contribution >= 0.6 is 22.9 Å². The van der Waals surface area contributed by atoms with Crippen LogP contribution in [0.1, 0.15) is 40.5 Å². The van der Waals surface area contributed by atoms with E-state index in [1.165, 1.54) is 11.3 Å². The van der Waals surface area contributed by atoms with Crippen molar-refractivity contribution in [1.82, 2.24) is 19.7 Å². The van der Waals surface area contributed by atoms with Gasteiger partial charge in [0.2, 0.25) is 0 Å². The second-order valence-corrected chi connectivity index (χ2v) is 8.19. The highest BCUT2D eigenvalue weighted by Crippen LogP contribution is 2.26. The highest BCUT2D eigenvalue weighted by molar-refractivity contribution is 7.14. The number of halogens is 1. The third-order valence-corrected chi connectivity index (χ3v) is 5.77. The van der Waals surface area contributed by atoms with E-state index in [4.69, 9.17) is 11.6 Å². The van der Waals surface area contributed by atoms with Gasteiger partial charge < -0.3 is 0 Å². The largest absolute Gasteiger partial charge is 0.298 e. The van der Waals surface area contributed by atoms with Gasteiger partial charge in [0.1, 0.15) is 10.8 Å². The summed E-state index contributed by atoms with van der Waals surface area (Å²) >= 11 is 7.82. The normalized spacial score (nSPS) is 10.5. The number of aromatic nitrogens is 4. The number of hydrogen-bond donors (Lipinski definition) is 1. The summed E-state index contributed by atoms with van der Waals surface area (Å²) in [6, 6.07) is 13.6. The van der Waals surface area contributed by atoms with Crippen LogP contribution in [-0.4, -0.2) is 25.7 Å². The fourth-order valence-electron chi connectivity index (χ4n) is 3.09. The second-order valence-electron chi connectivity index (χ2n) is 6.97. The first kappa shape index (κ1) is 21.8. The lowest BCUT2D eigenvalue weighted by atomic mass is 10.2. The molecule has 0 saturated carbocycles. The van der Waals surface area contributed by atoms with E-state index >= 15 is 0 Å². The van der Waals surface area contributed by atoms with Gasteiger partial charge >= 0.3 is 0 Å². The molecule has 0 saturated heterocycles. The molecule has 1 N–H and O–H groups in total. The van der Waals surface area contributed by atoms with E-state index in [2.05, 4.69) is 32.2 Å². The lowest BCUT2D eigenvalue weighted by Crippen LogP contribution is -2.13. The molecule has 4 rings (SSSR count). The highest BCUT2D eigenvalue weighted by Gasteiger charge is 2.21. The summed E-state index contributed by atoms with van der Waals surface area (Å²) in [5.74, 6) is 5.72.